The van der Waals surface area contributed by atoms with E-state index in [9.17, 15) is 13.6 Å². The second-order valence-corrected chi connectivity index (χ2v) is 8.76. The normalized spacial score (nSPS) is 12.1. The van der Waals surface area contributed by atoms with Crippen molar-refractivity contribution in [2.45, 2.75) is 32.9 Å². The maximum Gasteiger partial charge on any atom is 0.259 e. The van der Waals surface area contributed by atoms with E-state index >= 15 is 0 Å². The van der Waals surface area contributed by atoms with E-state index in [2.05, 4.69) is 0 Å². The number of nitrogens with two attached hydrogens (primary N) is 1. The lowest BCUT2D eigenvalue weighted by Crippen LogP contribution is -2.31. The first-order chi connectivity index (χ1) is 16.3. The summed E-state index contributed by atoms with van der Waals surface area (Å²) in [5.41, 5.74) is 9.97. The first-order valence-corrected chi connectivity index (χ1v) is 11.4. The Morgan fingerprint density at radius 1 is 0.882 bits per heavy atom. The average molecular weight is 479 g/mol. The van der Waals surface area contributed by atoms with Crippen molar-refractivity contribution in [1.29, 1.82) is 0 Å². The molecular weight excluding hydrogens is 454 g/mol. The van der Waals surface area contributed by atoms with E-state index in [4.69, 9.17) is 17.3 Å². The van der Waals surface area contributed by atoms with Crippen LogP contribution in [0.3, 0.4) is 0 Å². The van der Waals surface area contributed by atoms with Gasteiger partial charge in [0.05, 0.1) is 5.56 Å². The van der Waals surface area contributed by atoms with E-state index in [1.807, 2.05) is 30.3 Å². The zero-order valence-corrected chi connectivity index (χ0v) is 19.7. The summed E-state index contributed by atoms with van der Waals surface area (Å²) in [6.45, 7) is 3.79. The van der Waals surface area contributed by atoms with Crippen molar-refractivity contribution in [3.63, 3.8) is 0 Å². The molecule has 4 aromatic rings. The number of hydrogen-bond donors (Lipinski definition) is 1. The predicted octanol–water partition coefficient (Wildman–Crippen LogP) is 6.35. The number of aromatic nitrogens is 1. The summed E-state index contributed by atoms with van der Waals surface area (Å²) >= 11 is 6.47. The van der Waals surface area contributed by atoms with E-state index in [1.54, 1.807) is 42.7 Å². The van der Waals surface area contributed by atoms with Crippen molar-refractivity contribution in [2.75, 3.05) is 0 Å². The minimum atomic E-state index is -0.628. The lowest BCUT2D eigenvalue weighted by Gasteiger charge is -2.23. The molecule has 3 nitrogen and oxygen atoms in total. The molecule has 0 radical (unpaired) electrons. The zero-order chi connectivity index (χ0) is 24.4. The maximum absolute atomic E-state index is 14.5. The van der Waals surface area contributed by atoms with Gasteiger partial charge in [-0.05, 0) is 48.7 Å². The van der Waals surface area contributed by atoms with E-state index in [0.717, 1.165) is 5.56 Å². The second kappa shape index (κ2) is 9.92. The molecule has 2 N–H and O–H groups in total. The summed E-state index contributed by atoms with van der Waals surface area (Å²) in [4.78, 5) is 13.8. The molecule has 1 unspecified atom stereocenters. The van der Waals surface area contributed by atoms with Crippen molar-refractivity contribution < 1.29 is 8.78 Å². The molecule has 0 spiro atoms. The number of hydrogen-bond acceptors (Lipinski definition) is 2. The van der Waals surface area contributed by atoms with E-state index in [1.165, 1.54) is 18.2 Å². The highest BCUT2D eigenvalue weighted by atomic mass is 35.5. The lowest BCUT2D eigenvalue weighted by atomic mass is 9.92. The molecular formula is C28H25ClF2N2O. The number of rotatable bonds is 6. The quantitative estimate of drug-likeness (QED) is 0.351. The summed E-state index contributed by atoms with van der Waals surface area (Å²) in [6, 6.07) is 19.9. The first-order valence-electron chi connectivity index (χ1n) is 11.0. The van der Waals surface area contributed by atoms with Crippen molar-refractivity contribution in [3.05, 3.63) is 128 Å². The average Bonchev–Trinajstić information content (AvgIpc) is 2.83. The van der Waals surface area contributed by atoms with Crippen molar-refractivity contribution in [1.82, 2.24) is 4.57 Å². The molecule has 0 aliphatic heterocycles. The largest absolute Gasteiger partial charge is 0.322 e. The van der Waals surface area contributed by atoms with E-state index < -0.39 is 17.7 Å². The second-order valence-electron chi connectivity index (χ2n) is 8.35. The van der Waals surface area contributed by atoms with Crippen molar-refractivity contribution in [3.8, 4) is 11.1 Å². The predicted molar refractivity (Wildman–Crippen MR) is 133 cm³/mol. The number of pyridine rings is 1. The molecule has 0 aliphatic carbocycles. The molecule has 0 amide bonds. The Morgan fingerprint density at radius 2 is 1.50 bits per heavy atom. The smallest absolute Gasteiger partial charge is 0.259 e. The van der Waals surface area contributed by atoms with Gasteiger partial charge in [0, 0.05) is 40.9 Å². The highest BCUT2D eigenvalue weighted by Crippen LogP contribution is 2.32. The van der Waals surface area contributed by atoms with Crippen LogP contribution in [0.4, 0.5) is 8.78 Å². The number of halogens is 3. The monoisotopic (exact) mass is 478 g/mol. The molecule has 3 aromatic carbocycles. The van der Waals surface area contributed by atoms with Gasteiger partial charge in [0.1, 0.15) is 11.6 Å². The Bertz CT molecular complexity index is 1380. The standard InChI is InChI=1S/C28H25ClF2N2O/c1-17-21(15-22-24(30)13-8-14-25(22)31)18(2)33(16-26(32)19-9-4-3-5-10-19)28(34)27(17)20-11-6-7-12-23(20)29/h3-14,26H,15-16,32H2,1-2H3. The highest BCUT2D eigenvalue weighted by molar-refractivity contribution is 6.33. The van der Waals surface area contributed by atoms with Crippen molar-refractivity contribution in [2.24, 2.45) is 5.73 Å². The Hall–Kier alpha value is -3.28. The summed E-state index contributed by atoms with van der Waals surface area (Å²) in [5, 5.41) is 0.425. The van der Waals surface area contributed by atoms with Crippen LogP contribution in [0.2, 0.25) is 5.02 Å². The van der Waals surface area contributed by atoms with Crippen LogP contribution in [0.5, 0.6) is 0 Å². The van der Waals surface area contributed by atoms with Gasteiger partial charge in [-0.1, -0.05) is 66.2 Å². The van der Waals surface area contributed by atoms with Crippen LogP contribution < -0.4 is 11.3 Å². The van der Waals surface area contributed by atoms with Crippen LogP contribution in [0.25, 0.3) is 11.1 Å². The Kier molecular flexibility index (Phi) is 6.96. The van der Waals surface area contributed by atoms with Gasteiger partial charge in [-0.25, -0.2) is 8.78 Å². The van der Waals surface area contributed by atoms with Crippen LogP contribution in [0, 0.1) is 25.5 Å². The molecule has 1 heterocycles. The summed E-state index contributed by atoms with van der Waals surface area (Å²) < 4.78 is 30.7. The van der Waals surface area contributed by atoms with Gasteiger partial charge >= 0.3 is 0 Å². The maximum atomic E-state index is 14.5. The molecule has 6 heteroatoms. The van der Waals surface area contributed by atoms with Gasteiger partial charge in [0.25, 0.3) is 5.56 Å². The summed E-state index contributed by atoms with van der Waals surface area (Å²) in [6.07, 6.45) is -0.00548. The molecule has 0 fully saturated rings. The number of nitrogens with zero attached hydrogens (tertiary/aromatic N) is 1. The van der Waals surface area contributed by atoms with Gasteiger partial charge in [0.15, 0.2) is 0 Å². The topological polar surface area (TPSA) is 48.0 Å². The van der Waals surface area contributed by atoms with Gasteiger partial charge in [-0.15, -0.1) is 0 Å². The van der Waals surface area contributed by atoms with Crippen molar-refractivity contribution >= 4 is 11.6 Å². The van der Waals surface area contributed by atoms with E-state index in [-0.39, 0.29) is 24.1 Å². The molecule has 0 aliphatic rings. The first kappa shape index (κ1) is 23.9. The molecule has 4 rings (SSSR count). The number of benzene rings is 3. The fraction of sp³-hybridized carbons (Fsp3) is 0.179. The molecule has 34 heavy (non-hydrogen) atoms. The summed E-state index contributed by atoms with van der Waals surface area (Å²) in [7, 11) is 0. The molecule has 174 valence electrons. The lowest BCUT2D eigenvalue weighted by molar-refractivity contribution is 0.543. The zero-order valence-electron chi connectivity index (χ0n) is 19.0. The van der Waals surface area contributed by atoms with Crippen LogP contribution in [0.15, 0.2) is 77.6 Å². The Balaban J connectivity index is 1.94. The minimum absolute atomic E-state index is 0.00548. The third-order valence-electron chi connectivity index (χ3n) is 6.29. The molecule has 0 saturated carbocycles. The molecule has 0 bridgehead atoms. The fourth-order valence-electron chi connectivity index (χ4n) is 4.37. The van der Waals surface area contributed by atoms with Crippen LogP contribution in [0.1, 0.15) is 34.0 Å². The molecule has 0 saturated heterocycles. The fourth-order valence-corrected chi connectivity index (χ4v) is 4.60. The third-order valence-corrected chi connectivity index (χ3v) is 6.62. The van der Waals surface area contributed by atoms with Gasteiger partial charge in [-0.2, -0.15) is 0 Å². The van der Waals surface area contributed by atoms with Gasteiger partial charge in [-0.3, -0.25) is 4.79 Å². The van der Waals surface area contributed by atoms with Gasteiger partial charge < -0.3 is 10.3 Å². The highest BCUT2D eigenvalue weighted by Gasteiger charge is 2.23. The van der Waals surface area contributed by atoms with Crippen LogP contribution in [-0.4, -0.2) is 4.57 Å². The summed E-state index contributed by atoms with van der Waals surface area (Å²) in [5.74, 6) is -1.26. The molecule has 1 atom stereocenters. The van der Waals surface area contributed by atoms with Gasteiger partial charge in [0.2, 0.25) is 0 Å². The SMILES string of the molecule is Cc1c(Cc2c(F)cccc2F)c(C)n(CC(N)c2ccccc2)c(=O)c1-c1ccccc1Cl. The van der Waals surface area contributed by atoms with Crippen LogP contribution in [-0.2, 0) is 13.0 Å². The Morgan fingerprint density at radius 3 is 2.15 bits per heavy atom. The van der Waals surface area contributed by atoms with E-state index in [0.29, 0.717) is 33.0 Å². The third kappa shape index (κ3) is 4.54. The molecule has 1 aromatic heterocycles. The minimum Gasteiger partial charge on any atom is -0.322 e. The Labute approximate surface area is 202 Å². The van der Waals surface area contributed by atoms with Crippen LogP contribution >= 0.6 is 11.6 Å².